The zero-order chi connectivity index (χ0) is 31.6. The fourth-order valence-corrected chi connectivity index (χ4v) is 5.35. The van der Waals surface area contributed by atoms with Gasteiger partial charge in [0.1, 0.15) is 6.10 Å². The molecule has 0 saturated heterocycles. The lowest BCUT2D eigenvalue weighted by molar-refractivity contribution is -0.150. The van der Waals surface area contributed by atoms with Crippen molar-refractivity contribution in [3.05, 3.63) is 24.3 Å². The highest BCUT2D eigenvalue weighted by atomic mass is 16.5. The first-order valence-corrected chi connectivity index (χ1v) is 18.2. The Labute approximate surface area is 267 Å². The number of unbranched alkanes of at least 4 members (excludes halogenated alkanes) is 17. The van der Waals surface area contributed by atoms with Crippen LogP contribution >= 0.6 is 0 Å². The van der Waals surface area contributed by atoms with Crippen molar-refractivity contribution in [3.8, 4) is 0 Å². The van der Waals surface area contributed by atoms with E-state index in [0.717, 1.165) is 57.9 Å². The van der Waals surface area contributed by atoms with Gasteiger partial charge in [-0.2, -0.15) is 0 Å². The number of allylic oxidation sites excluding steroid dienone is 4. The minimum absolute atomic E-state index is 0.00822. The van der Waals surface area contributed by atoms with Crippen LogP contribution in [-0.4, -0.2) is 50.7 Å². The van der Waals surface area contributed by atoms with Crippen LogP contribution in [0.1, 0.15) is 174 Å². The van der Waals surface area contributed by atoms with Gasteiger partial charge in [0.05, 0.1) is 7.11 Å². The average molecular weight is 606 g/mol. The first-order chi connectivity index (χ1) is 21.0. The number of rotatable bonds is 32. The maximum Gasteiger partial charge on any atom is 0.306 e. The Kier molecular flexibility index (Phi) is 32.0. The van der Waals surface area contributed by atoms with Crippen molar-refractivity contribution in [1.29, 1.82) is 0 Å². The van der Waals surface area contributed by atoms with Gasteiger partial charge in [-0.1, -0.05) is 95.4 Å². The molecule has 0 aliphatic rings. The monoisotopic (exact) mass is 606 g/mol. The Morgan fingerprint density at radius 1 is 0.558 bits per heavy atom. The highest BCUT2D eigenvalue weighted by Gasteiger charge is 2.14. The second-order valence-corrected chi connectivity index (χ2v) is 12.7. The number of carbonyl (C=O) groups is 2. The van der Waals surface area contributed by atoms with Crippen molar-refractivity contribution in [3.63, 3.8) is 0 Å². The molecule has 0 N–H and O–H groups in total. The predicted octanol–water partition coefficient (Wildman–Crippen LogP) is 10.9. The maximum absolute atomic E-state index is 12.5. The molecule has 5 nitrogen and oxygen atoms in total. The molecule has 0 aromatic carbocycles. The summed E-state index contributed by atoms with van der Waals surface area (Å²) in [6, 6.07) is 0. The smallest absolute Gasteiger partial charge is 0.306 e. The summed E-state index contributed by atoms with van der Waals surface area (Å²) in [7, 11) is 5.55. The molecule has 1 atom stereocenters. The van der Waals surface area contributed by atoms with Crippen molar-refractivity contribution >= 4 is 11.9 Å². The van der Waals surface area contributed by atoms with Crippen molar-refractivity contribution in [1.82, 2.24) is 4.90 Å². The third kappa shape index (κ3) is 33.1. The number of carbonyl (C=O) groups excluding carboxylic acids is 2. The highest BCUT2D eigenvalue weighted by molar-refractivity contribution is 5.69. The van der Waals surface area contributed by atoms with E-state index in [0.29, 0.717) is 12.8 Å². The molecular weight excluding hydrogens is 534 g/mol. The van der Waals surface area contributed by atoms with Crippen molar-refractivity contribution in [2.24, 2.45) is 0 Å². The molecule has 43 heavy (non-hydrogen) atoms. The molecular formula is C38H71NO4. The zero-order valence-electron chi connectivity index (χ0n) is 29.1. The van der Waals surface area contributed by atoms with Crippen LogP contribution in [-0.2, 0) is 19.1 Å². The second kappa shape index (κ2) is 33.3. The van der Waals surface area contributed by atoms with Crippen molar-refractivity contribution in [2.45, 2.75) is 180 Å². The molecule has 1 unspecified atom stereocenters. The molecule has 0 saturated carbocycles. The molecule has 0 aromatic rings. The van der Waals surface area contributed by atoms with E-state index in [1.54, 1.807) is 0 Å². The molecule has 0 rings (SSSR count). The van der Waals surface area contributed by atoms with Gasteiger partial charge >= 0.3 is 11.9 Å². The van der Waals surface area contributed by atoms with Gasteiger partial charge in [-0.05, 0) is 111 Å². The Bertz CT molecular complexity index is 673. The normalized spacial score (nSPS) is 12.5. The van der Waals surface area contributed by atoms with Crippen LogP contribution < -0.4 is 0 Å². The van der Waals surface area contributed by atoms with E-state index >= 15 is 0 Å². The van der Waals surface area contributed by atoms with Gasteiger partial charge in [-0.15, -0.1) is 0 Å². The molecule has 252 valence electrons. The van der Waals surface area contributed by atoms with Crippen LogP contribution in [0.25, 0.3) is 0 Å². The molecule has 0 aromatic heterocycles. The molecule has 5 heteroatoms. The van der Waals surface area contributed by atoms with Crippen LogP contribution in [0.3, 0.4) is 0 Å². The number of esters is 2. The lowest BCUT2D eigenvalue weighted by atomic mass is 10.0. The van der Waals surface area contributed by atoms with Crippen LogP contribution in [0.5, 0.6) is 0 Å². The molecule has 0 radical (unpaired) electrons. The highest BCUT2D eigenvalue weighted by Crippen LogP contribution is 2.18. The summed E-state index contributed by atoms with van der Waals surface area (Å²) in [6.45, 7) is 3.19. The fourth-order valence-electron chi connectivity index (χ4n) is 5.35. The first kappa shape index (κ1) is 41.4. The van der Waals surface area contributed by atoms with Gasteiger partial charge in [-0.25, -0.2) is 0 Å². The molecule has 0 aliphatic carbocycles. The first-order valence-electron chi connectivity index (χ1n) is 18.2. The number of ether oxygens (including phenoxy) is 2. The molecule has 0 spiro atoms. The van der Waals surface area contributed by atoms with E-state index < -0.39 is 0 Å². The molecule has 0 amide bonds. The Hall–Kier alpha value is -1.62. The second-order valence-electron chi connectivity index (χ2n) is 12.7. The van der Waals surface area contributed by atoms with E-state index in [9.17, 15) is 9.59 Å². The van der Waals surface area contributed by atoms with Crippen molar-refractivity contribution in [2.75, 3.05) is 27.7 Å². The minimum atomic E-state index is -0.107. The molecule has 0 heterocycles. The zero-order valence-corrected chi connectivity index (χ0v) is 29.1. The summed E-state index contributed by atoms with van der Waals surface area (Å²) < 4.78 is 10.6. The van der Waals surface area contributed by atoms with Crippen molar-refractivity contribution < 1.29 is 19.1 Å². The summed E-state index contributed by atoms with van der Waals surface area (Å²) in [5, 5.41) is 0. The van der Waals surface area contributed by atoms with Gasteiger partial charge in [0.25, 0.3) is 0 Å². The summed E-state index contributed by atoms with van der Waals surface area (Å²) in [5.74, 6) is -0.115. The number of methoxy groups -OCH3 is 1. The number of hydrogen-bond donors (Lipinski definition) is 0. The quantitative estimate of drug-likeness (QED) is 0.0434. The van der Waals surface area contributed by atoms with E-state index in [-0.39, 0.29) is 18.0 Å². The van der Waals surface area contributed by atoms with E-state index in [1.165, 1.54) is 110 Å². The molecule has 0 bridgehead atoms. The van der Waals surface area contributed by atoms with Crippen LogP contribution in [0.15, 0.2) is 24.3 Å². The minimum Gasteiger partial charge on any atom is -0.469 e. The van der Waals surface area contributed by atoms with Gasteiger partial charge in [0.15, 0.2) is 0 Å². The van der Waals surface area contributed by atoms with Gasteiger partial charge in [0.2, 0.25) is 0 Å². The lowest BCUT2D eigenvalue weighted by Gasteiger charge is -2.18. The van der Waals surface area contributed by atoms with Gasteiger partial charge in [0, 0.05) is 12.8 Å². The molecule has 0 aliphatic heterocycles. The Morgan fingerprint density at radius 2 is 0.977 bits per heavy atom. The average Bonchev–Trinajstić information content (AvgIpc) is 2.99. The SMILES string of the molecule is CCCCC/C=C\CCCCCCCCC(CCCCCCCC/C=C\CCCCC(=O)OC)OC(=O)CCCN(C)C. The summed E-state index contributed by atoms with van der Waals surface area (Å²) in [5.41, 5.74) is 0. The third-order valence-electron chi connectivity index (χ3n) is 8.12. The van der Waals surface area contributed by atoms with Crippen LogP contribution in [0.4, 0.5) is 0 Å². The summed E-state index contributed by atoms with van der Waals surface area (Å²) in [4.78, 5) is 25.7. The van der Waals surface area contributed by atoms with Gasteiger partial charge < -0.3 is 14.4 Å². The third-order valence-corrected chi connectivity index (χ3v) is 8.12. The Morgan fingerprint density at radius 3 is 1.44 bits per heavy atom. The van der Waals surface area contributed by atoms with Crippen LogP contribution in [0.2, 0.25) is 0 Å². The van der Waals surface area contributed by atoms with Gasteiger partial charge in [-0.3, -0.25) is 9.59 Å². The Balaban J connectivity index is 4.00. The number of hydrogen-bond acceptors (Lipinski definition) is 5. The maximum atomic E-state index is 12.5. The standard InChI is InChI=1S/C38H71NO4/c1-5-6-7-8-9-10-11-12-15-18-21-24-27-31-36(43-38(41)34-30-35-39(2)3)32-28-25-22-19-16-13-14-17-20-23-26-29-33-37(40)42-4/h9-10,17,20,36H,5-8,11-16,18-19,21-35H2,1-4H3/b10-9-,20-17-. The fraction of sp³-hybridized carbons (Fsp3) is 0.842. The lowest BCUT2D eigenvalue weighted by Crippen LogP contribution is -2.20. The number of nitrogens with zero attached hydrogens (tertiary/aromatic N) is 1. The topological polar surface area (TPSA) is 55.8 Å². The van der Waals surface area contributed by atoms with Crippen LogP contribution in [0, 0.1) is 0 Å². The largest absolute Gasteiger partial charge is 0.469 e. The summed E-state index contributed by atoms with van der Waals surface area (Å²) in [6.07, 6.45) is 39.2. The van der Waals surface area contributed by atoms with E-state index in [4.69, 9.17) is 4.74 Å². The predicted molar refractivity (Wildman–Crippen MR) is 184 cm³/mol. The molecule has 0 fully saturated rings. The summed E-state index contributed by atoms with van der Waals surface area (Å²) >= 11 is 0. The van der Waals surface area contributed by atoms with E-state index in [2.05, 4.69) is 40.9 Å². The van der Waals surface area contributed by atoms with E-state index in [1.807, 2.05) is 14.1 Å².